The van der Waals surface area contributed by atoms with E-state index in [2.05, 4.69) is 0 Å². The fourth-order valence-electron chi connectivity index (χ4n) is 2.10. The standard InChI is InChI=1S/C13H17NO3/c15-13(16)9-14(8-11-6-7-17-10-11)12-4-2-1-3-5-12/h1-5,11H,6-10H2,(H,15,16). The van der Waals surface area contributed by atoms with Gasteiger partial charge in [-0.2, -0.15) is 0 Å². The summed E-state index contributed by atoms with van der Waals surface area (Å²) >= 11 is 0. The summed E-state index contributed by atoms with van der Waals surface area (Å²) in [5, 5.41) is 8.95. The van der Waals surface area contributed by atoms with Crippen molar-refractivity contribution in [1.82, 2.24) is 0 Å². The van der Waals surface area contributed by atoms with Gasteiger partial charge in [0.2, 0.25) is 0 Å². The van der Waals surface area contributed by atoms with Crippen LogP contribution in [0.2, 0.25) is 0 Å². The zero-order chi connectivity index (χ0) is 12.1. The van der Waals surface area contributed by atoms with E-state index in [1.807, 2.05) is 35.2 Å². The molecule has 1 atom stereocenters. The Hall–Kier alpha value is -1.55. The molecule has 1 aliphatic heterocycles. The molecule has 17 heavy (non-hydrogen) atoms. The summed E-state index contributed by atoms with van der Waals surface area (Å²) in [4.78, 5) is 12.8. The highest BCUT2D eigenvalue weighted by molar-refractivity contribution is 5.73. The third-order valence-electron chi connectivity index (χ3n) is 2.95. The maximum atomic E-state index is 10.9. The second-order valence-corrected chi connectivity index (χ2v) is 4.34. The van der Waals surface area contributed by atoms with Crippen LogP contribution in [-0.2, 0) is 9.53 Å². The lowest BCUT2D eigenvalue weighted by molar-refractivity contribution is -0.135. The topological polar surface area (TPSA) is 49.8 Å². The van der Waals surface area contributed by atoms with Crippen LogP contribution in [0.5, 0.6) is 0 Å². The predicted octanol–water partition coefficient (Wildman–Crippen LogP) is 1.61. The van der Waals surface area contributed by atoms with E-state index in [4.69, 9.17) is 9.84 Å². The van der Waals surface area contributed by atoms with Crippen LogP contribution in [0.15, 0.2) is 30.3 Å². The van der Waals surface area contributed by atoms with E-state index in [-0.39, 0.29) is 6.54 Å². The van der Waals surface area contributed by atoms with Crippen molar-refractivity contribution in [1.29, 1.82) is 0 Å². The number of anilines is 1. The van der Waals surface area contributed by atoms with Gasteiger partial charge in [-0.15, -0.1) is 0 Å². The van der Waals surface area contributed by atoms with Gasteiger partial charge >= 0.3 is 5.97 Å². The van der Waals surface area contributed by atoms with Crippen molar-refractivity contribution in [3.63, 3.8) is 0 Å². The first kappa shape index (κ1) is 11.9. The average molecular weight is 235 g/mol. The quantitative estimate of drug-likeness (QED) is 0.842. The number of ether oxygens (including phenoxy) is 1. The van der Waals surface area contributed by atoms with Crippen LogP contribution in [0.4, 0.5) is 5.69 Å². The number of rotatable bonds is 5. The van der Waals surface area contributed by atoms with E-state index in [0.717, 1.165) is 31.9 Å². The summed E-state index contributed by atoms with van der Waals surface area (Å²) < 4.78 is 5.32. The van der Waals surface area contributed by atoms with Gasteiger partial charge in [0, 0.05) is 24.8 Å². The van der Waals surface area contributed by atoms with Gasteiger partial charge in [-0.05, 0) is 18.6 Å². The molecule has 4 heteroatoms. The highest BCUT2D eigenvalue weighted by Gasteiger charge is 2.20. The number of aliphatic carboxylic acids is 1. The Morgan fingerprint density at radius 1 is 1.41 bits per heavy atom. The lowest BCUT2D eigenvalue weighted by Gasteiger charge is -2.25. The van der Waals surface area contributed by atoms with Crippen LogP contribution in [0.25, 0.3) is 0 Å². The number of carboxylic acid groups (broad SMARTS) is 1. The van der Waals surface area contributed by atoms with E-state index in [1.54, 1.807) is 0 Å². The second kappa shape index (κ2) is 5.68. The lowest BCUT2D eigenvalue weighted by Crippen LogP contribution is -2.34. The van der Waals surface area contributed by atoms with E-state index in [9.17, 15) is 4.79 Å². The SMILES string of the molecule is O=C(O)CN(CC1CCOC1)c1ccccc1. The van der Waals surface area contributed by atoms with Crippen LogP contribution in [0.3, 0.4) is 0 Å². The number of hydrogen-bond acceptors (Lipinski definition) is 3. The number of benzene rings is 1. The Kier molecular flexibility index (Phi) is 3.98. The molecule has 1 aliphatic rings. The van der Waals surface area contributed by atoms with E-state index in [0.29, 0.717) is 5.92 Å². The van der Waals surface area contributed by atoms with Crippen molar-refractivity contribution in [2.45, 2.75) is 6.42 Å². The Morgan fingerprint density at radius 3 is 2.76 bits per heavy atom. The Bertz CT molecular complexity index is 360. The number of carboxylic acids is 1. The van der Waals surface area contributed by atoms with Crippen LogP contribution in [-0.4, -0.2) is 37.4 Å². The van der Waals surface area contributed by atoms with Crippen LogP contribution < -0.4 is 4.90 Å². The van der Waals surface area contributed by atoms with Gasteiger partial charge in [0.05, 0.1) is 6.61 Å². The van der Waals surface area contributed by atoms with Crippen LogP contribution in [0, 0.1) is 5.92 Å². The third kappa shape index (κ3) is 3.46. The first-order valence-corrected chi connectivity index (χ1v) is 5.85. The molecule has 0 radical (unpaired) electrons. The molecule has 1 unspecified atom stereocenters. The van der Waals surface area contributed by atoms with Gasteiger partial charge in [-0.1, -0.05) is 18.2 Å². The maximum absolute atomic E-state index is 10.9. The highest BCUT2D eigenvalue weighted by atomic mass is 16.5. The summed E-state index contributed by atoms with van der Waals surface area (Å²) in [7, 11) is 0. The van der Waals surface area contributed by atoms with Crippen molar-refractivity contribution >= 4 is 11.7 Å². The van der Waals surface area contributed by atoms with Gasteiger partial charge < -0.3 is 14.7 Å². The molecule has 1 aromatic carbocycles. The number of para-hydroxylation sites is 1. The molecule has 0 saturated carbocycles. The molecule has 0 aromatic heterocycles. The third-order valence-corrected chi connectivity index (χ3v) is 2.95. The minimum Gasteiger partial charge on any atom is -0.480 e. The first-order valence-electron chi connectivity index (χ1n) is 5.85. The van der Waals surface area contributed by atoms with Crippen LogP contribution in [0.1, 0.15) is 6.42 Å². The number of carbonyl (C=O) groups is 1. The van der Waals surface area contributed by atoms with E-state index < -0.39 is 5.97 Å². The number of hydrogen-bond donors (Lipinski definition) is 1. The molecule has 0 spiro atoms. The molecule has 1 fully saturated rings. The van der Waals surface area contributed by atoms with Crippen LogP contribution >= 0.6 is 0 Å². The summed E-state index contributed by atoms with van der Waals surface area (Å²) in [5.41, 5.74) is 0.960. The van der Waals surface area contributed by atoms with Crippen molar-refractivity contribution in [2.24, 2.45) is 5.92 Å². The molecule has 1 saturated heterocycles. The second-order valence-electron chi connectivity index (χ2n) is 4.34. The molecule has 1 N–H and O–H groups in total. The minimum absolute atomic E-state index is 0.0422. The summed E-state index contributed by atoms with van der Waals surface area (Å²) in [6.07, 6.45) is 1.02. The number of nitrogens with zero attached hydrogens (tertiary/aromatic N) is 1. The normalized spacial score (nSPS) is 19.2. The lowest BCUT2D eigenvalue weighted by atomic mass is 10.1. The van der Waals surface area contributed by atoms with Crippen molar-refractivity contribution < 1.29 is 14.6 Å². The minimum atomic E-state index is -0.798. The predicted molar refractivity (Wildman–Crippen MR) is 65.2 cm³/mol. The van der Waals surface area contributed by atoms with Gasteiger partial charge in [0.25, 0.3) is 0 Å². The highest BCUT2D eigenvalue weighted by Crippen LogP contribution is 2.19. The van der Waals surface area contributed by atoms with Gasteiger partial charge in [0.15, 0.2) is 0 Å². The molecule has 0 aliphatic carbocycles. The van der Waals surface area contributed by atoms with E-state index in [1.165, 1.54) is 0 Å². The van der Waals surface area contributed by atoms with Gasteiger partial charge in [-0.25, -0.2) is 0 Å². The molecule has 2 rings (SSSR count). The monoisotopic (exact) mass is 235 g/mol. The molecular weight excluding hydrogens is 218 g/mol. The maximum Gasteiger partial charge on any atom is 0.323 e. The summed E-state index contributed by atoms with van der Waals surface area (Å²) in [6, 6.07) is 9.67. The molecule has 1 heterocycles. The average Bonchev–Trinajstić information content (AvgIpc) is 2.82. The molecule has 0 bridgehead atoms. The summed E-state index contributed by atoms with van der Waals surface area (Å²) in [5.74, 6) is -0.359. The van der Waals surface area contributed by atoms with Crippen molar-refractivity contribution in [3.8, 4) is 0 Å². The fraction of sp³-hybridized carbons (Fsp3) is 0.462. The largest absolute Gasteiger partial charge is 0.480 e. The smallest absolute Gasteiger partial charge is 0.323 e. The Morgan fingerprint density at radius 2 is 2.18 bits per heavy atom. The van der Waals surface area contributed by atoms with Crippen molar-refractivity contribution in [2.75, 3.05) is 31.2 Å². The molecule has 1 aromatic rings. The van der Waals surface area contributed by atoms with Gasteiger partial charge in [0.1, 0.15) is 6.54 Å². The zero-order valence-electron chi connectivity index (χ0n) is 9.71. The molecular formula is C13H17NO3. The summed E-state index contributed by atoms with van der Waals surface area (Å²) in [6.45, 7) is 2.32. The first-order chi connectivity index (χ1) is 8.25. The molecule has 92 valence electrons. The molecule has 0 amide bonds. The van der Waals surface area contributed by atoms with E-state index >= 15 is 0 Å². The Balaban J connectivity index is 2.04. The van der Waals surface area contributed by atoms with Crippen molar-refractivity contribution in [3.05, 3.63) is 30.3 Å². The zero-order valence-corrected chi connectivity index (χ0v) is 9.71. The Labute approximate surface area is 101 Å². The fourth-order valence-corrected chi connectivity index (χ4v) is 2.10. The molecule has 4 nitrogen and oxygen atoms in total. The van der Waals surface area contributed by atoms with Gasteiger partial charge in [-0.3, -0.25) is 4.79 Å².